The molecule has 0 radical (unpaired) electrons. The third kappa shape index (κ3) is 3.74. The van der Waals surface area contributed by atoms with Gasteiger partial charge < -0.3 is 15.3 Å². The van der Waals surface area contributed by atoms with Gasteiger partial charge in [0.2, 0.25) is 5.91 Å². The molecule has 2 N–H and O–H groups in total. The fourth-order valence-electron chi connectivity index (χ4n) is 3.92. The molecule has 0 aromatic heterocycles. The summed E-state index contributed by atoms with van der Waals surface area (Å²) in [5.74, 6) is 0.118. The van der Waals surface area contributed by atoms with Crippen LogP contribution in [-0.2, 0) is 11.3 Å². The second-order valence-corrected chi connectivity index (χ2v) is 7.21. The molecular formula is C21H25N3O2. The van der Waals surface area contributed by atoms with Gasteiger partial charge in [-0.3, -0.25) is 9.69 Å². The minimum absolute atomic E-state index is 0.0494. The Kier molecular flexibility index (Phi) is 4.91. The standard InChI is InChI=1S/C21H25N3O2/c25-17-6-7-20-19(14-17)18(21(26)22-20)8-9-23-10-12-24(13-11-23)15-16-4-2-1-3-5-16/h1-7,14,18,25H,8-13,15H2,(H,22,26). The Hall–Kier alpha value is -2.37. The summed E-state index contributed by atoms with van der Waals surface area (Å²) in [6, 6.07) is 15.7. The molecular weight excluding hydrogens is 326 g/mol. The molecule has 5 heteroatoms. The van der Waals surface area contributed by atoms with Crippen LogP contribution in [0.5, 0.6) is 5.75 Å². The molecule has 0 aliphatic carbocycles. The van der Waals surface area contributed by atoms with E-state index in [1.807, 2.05) is 0 Å². The fourth-order valence-corrected chi connectivity index (χ4v) is 3.92. The minimum Gasteiger partial charge on any atom is -0.508 e. The number of nitrogens with zero attached hydrogens (tertiary/aromatic N) is 2. The van der Waals surface area contributed by atoms with Crippen molar-refractivity contribution in [3.63, 3.8) is 0 Å². The summed E-state index contributed by atoms with van der Waals surface area (Å²) < 4.78 is 0. The second-order valence-electron chi connectivity index (χ2n) is 7.21. The molecule has 2 aromatic carbocycles. The Morgan fingerprint density at radius 3 is 2.50 bits per heavy atom. The van der Waals surface area contributed by atoms with Crippen LogP contribution in [0.15, 0.2) is 48.5 Å². The zero-order valence-electron chi connectivity index (χ0n) is 14.9. The maximum atomic E-state index is 12.3. The van der Waals surface area contributed by atoms with Crippen molar-refractivity contribution < 1.29 is 9.90 Å². The summed E-state index contributed by atoms with van der Waals surface area (Å²) in [7, 11) is 0. The largest absolute Gasteiger partial charge is 0.508 e. The summed E-state index contributed by atoms with van der Waals surface area (Å²) >= 11 is 0. The summed E-state index contributed by atoms with van der Waals surface area (Å²) in [6.45, 7) is 6.10. The number of phenolic OH excluding ortho intramolecular Hbond substituents is 1. The van der Waals surface area contributed by atoms with Crippen LogP contribution in [0.25, 0.3) is 0 Å². The van der Waals surface area contributed by atoms with Gasteiger partial charge in [0.15, 0.2) is 0 Å². The number of rotatable bonds is 5. The van der Waals surface area contributed by atoms with Gasteiger partial charge in [-0.1, -0.05) is 30.3 Å². The molecule has 0 saturated carbocycles. The molecule has 1 unspecified atom stereocenters. The Morgan fingerprint density at radius 2 is 1.73 bits per heavy atom. The summed E-state index contributed by atoms with van der Waals surface area (Å²) in [4.78, 5) is 17.2. The Bertz CT molecular complexity index is 770. The summed E-state index contributed by atoms with van der Waals surface area (Å²) in [5.41, 5.74) is 3.13. The second kappa shape index (κ2) is 7.48. The number of aromatic hydroxyl groups is 1. The minimum atomic E-state index is -0.153. The normalized spacial score (nSPS) is 20.8. The predicted molar refractivity (Wildman–Crippen MR) is 102 cm³/mol. The number of carbonyl (C=O) groups excluding carboxylic acids is 1. The zero-order chi connectivity index (χ0) is 17.9. The van der Waals surface area contributed by atoms with Gasteiger partial charge in [0, 0.05) is 38.4 Å². The van der Waals surface area contributed by atoms with Crippen molar-refractivity contribution in [3.05, 3.63) is 59.7 Å². The lowest BCUT2D eigenvalue weighted by molar-refractivity contribution is -0.117. The number of hydrogen-bond donors (Lipinski definition) is 2. The predicted octanol–water partition coefficient (Wildman–Crippen LogP) is 2.64. The van der Waals surface area contributed by atoms with Crippen molar-refractivity contribution in [2.75, 3.05) is 38.0 Å². The van der Waals surface area contributed by atoms with E-state index in [9.17, 15) is 9.90 Å². The van der Waals surface area contributed by atoms with Gasteiger partial charge in [0.1, 0.15) is 5.75 Å². The SMILES string of the molecule is O=C1Nc2ccc(O)cc2C1CCN1CCN(Cc2ccccc2)CC1. The Labute approximate surface area is 154 Å². The molecule has 2 aliphatic rings. The van der Waals surface area contributed by atoms with Crippen molar-refractivity contribution in [1.82, 2.24) is 9.80 Å². The molecule has 2 heterocycles. The average Bonchev–Trinajstić information content (AvgIpc) is 2.96. The molecule has 1 atom stereocenters. The van der Waals surface area contributed by atoms with Crippen molar-refractivity contribution in [3.8, 4) is 5.75 Å². The first-order chi connectivity index (χ1) is 12.7. The van der Waals surface area contributed by atoms with Gasteiger partial charge in [-0.25, -0.2) is 0 Å². The van der Waals surface area contributed by atoms with Gasteiger partial charge in [0.05, 0.1) is 5.92 Å². The number of anilines is 1. The molecule has 1 saturated heterocycles. The van der Waals surface area contributed by atoms with Gasteiger partial charge in [-0.15, -0.1) is 0 Å². The first kappa shape index (κ1) is 17.1. The molecule has 5 nitrogen and oxygen atoms in total. The van der Waals surface area contributed by atoms with Gasteiger partial charge >= 0.3 is 0 Å². The van der Waals surface area contributed by atoms with E-state index in [1.54, 1.807) is 18.2 Å². The number of phenols is 1. The fraction of sp³-hybridized carbons (Fsp3) is 0.381. The van der Waals surface area contributed by atoms with Crippen LogP contribution in [0.2, 0.25) is 0 Å². The smallest absolute Gasteiger partial charge is 0.232 e. The molecule has 1 amide bonds. The maximum absolute atomic E-state index is 12.3. The van der Waals surface area contributed by atoms with Crippen LogP contribution in [0, 0.1) is 0 Å². The van der Waals surface area contributed by atoms with E-state index in [4.69, 9.17) is 0 Å². The van der Waals surface area contributed by atoms with E-state index in [0.717, 1.165) is 56.9 Å². The quantitative estimate of drug-likeness (QED) is 0.813. The molecule has 2 aromatic rings. The van der Waals surface area contributed by atoms with Crippen LogP contribution in [0.1, 0.15) is 23.5 Å². The number of nitrogens with one attached hydrogen (secondary N) is 1. The van der Waals surface area contributed by atoms with Crippen molar-refractivity contribution in [2.24, 2.45) is 0 Å². The number of benzene rings is 2. The number of hydrogen-bond acceptors (Lipinski definition) is 4. The Balaban J connectivity index is 1.28. The first-order valence-corrected chi connectivity index (χ1v) is 9.31. The van der Waals surface area contributed by atoms with Crippen LogP contribution < -0.4 is 5.32 Å². The van der Waals surface area contributed by atoms with Crippen molar-refractivity contribution in [2.45, 2.75) is 18.9 Å². The molecule has 1 fully saturated rings. The van der Waals surface area contributed by atoms with Crippen molar-refractivity contribution in [1.29, 1.82) is 0 Å². The van der Waals surface area contributed by atoms with E-state index < -0.39 is 0 Å². The van der Waals surface area contributed by atoms with Crippen LogP contribution in [0.3, 0.4) is 0 Å². The molecule has 4 rings (SSSR count). The Morgan fingerprint density at radius 1 is 1.00 bits per heavy atom. The lowest BCUT2D eigenvalue weighted by atomic mass is 9.96. The van der Waals surface area contributed by atoms with Crippen molar-refractivity contribution >= 4 is 11.6 Å². The van der Waals surface area contributed by atoms with E-state index >= 15 is 0 Å². The van der Waals surface area contributed by atoms with E-state index in [0.29, 0.717) is 0 Å². The van der Waals surface area contributed by atoms with Gasteiger partial charge in [-0.05, 0) is 42.3 Å². The number of piperazine rings is 1. The highest BCUT2D eigenvalue weighted by Crippen LogP contribution is 2.36. The lowest BCUT2D eigenvalue weighted by Gasteiger charge is -2.35. The highest BCUT2D eigenvalue weighted by molar-refractivity contribution is 6.03. The first-order valence-electron chi connectivity index (χ1n) is 9.31. The third-order valence-corrected chi connectivity index (χ3v) is 5.43. The molecule has 136 valence electrons. The third-order valence-electron chi connectivity index (χ3n) is 5.43. The summed E-state index contributed by atoms with van der Waals surface area (Å²) in [5, 5.41) is 12.6. The van der Waals surface area contributed by atoms with Gasteiger partial charge in [0.25, 0.3) is 0 Å². The zero-order valence-corrected chi connectivity index (χ0v) is 14.9. The lowest BCUT2D eigenvalue weighted by Crippen LogP contribution is -2.46. The van der Waals surface area contributed by atoms with E-state index in [2.05, 4.69) is 45.4 Å². The van der Waals surface area contributed by atoms with Crippen LogP contribution in [0.4, 0.5) is 5.69 Å². The van der Waals surface area contributed by atoms with Crippen LogP contribution >= 0.6 is 0 Å². The molecule has 26 heavy (non-hydrogen) atoms. The number of amides is 1. The number of carbonyl (C=O) groups is 1. The monoisotopic (exact) mass is 351 g/mol. The molecule has 2 aliphatic heterocycles. The maximum Gasteiger partial charge on any atom is 0.232 e. The summed E-state index contributed by atoms with van der Waals surface area (Å²) in [6.07, 6.45) is 0.793. The molecule has 0 bridgehead atoms. The molecule has 0 spiro atoms. The number of fused-ring (bicyclic) bond motifs is 1. The van der Waals surface area contributed by atoms with E-state index in [-0.39, 0.29) is 17.6 Å². The average molecular weight is 351 g/mol. The van der Waals surface area contributed by atoms with Gasteiger partial charge in [-0.2, -0.15) is 0 Å². The highest BCUT2D eigenvalue weighted by atomic mass is 16.3. The highest BCUT2D eigenvalue weighted by Gasteiger charge is 2.31. The van der Waals surface area contributed by atoms with E-state index in [1.165, 1.54) is 5.56 Å². The van der Waals surface area contributed by atoms with Crippen LogP contribution in [-0.4, -0.2) is 53.5 Å². The topological polar surface area (TPSA) is 55.8 Å².